The lowest BCUT2D eigenvalue weighted by Gasteiger charge is -2.05. The summed E-state index contributed by atoms with van der Waals surface area (Å²) >= 11 is 1.54. The van der Waals surface area contributed by atoms with Gasteiger partial charge in [-0.25, -0.2) is 4.98 Å². The van der Waals surface area contributed by atoms with Crippen LogP contribution < -0.4 is 10.9 Å². The number of hydrogen-bond donors (Lipinski definition) is 4. The van der Waals surface area contributed by atoms with Crippen LogP contribution in [-0.2, 0) is 0 Å². The zero-order valence-corrected chi connectivity index (χ0v) is 14.6. The van der Waals surface area contributed by atoms with Crippen molar-refractivity contribution in [2.75, 3.05) is 5.32 Å². The summed E-state index contributed by atoms with van der Waals surface area (Å²) in [6.45, 7) is 0. The topological polar surface area (TPSA) is 102 Å². The highest BCUT2D eigenvalue weighted by Gasteiger charge is 2.25. The van der Waals surface area contributed by atoms with E-state index in [1.807, 2.05) is 36.4 Å². The second-order valence-electron chi connectivity index (χ2n) is 6.36. The van der Waals surface area contributed by atoms with Gasteiger partial charge in [-0.05, 0) is 43.2 Å². The molecule has 1 fully saturated rings. The van der Waals surface area contributed by atoms with Crippen LogP contribution in [0.15, 0.2) is 57.2 Å². The molecule has 4 aromatic rings. The van der Waals surface area contributed by atoms with E-state index in [0.717, 1.165) is 27.1 Å². The quantitative estimate of drug-likeness (QED) is 0.432. The lowest BCUT2D eigenvalue weighted by Crippen LogP contribution is -1.96. The zero-order valence-electron chi connectivity index (χ0n) is 13.7. The highest BCUT2D eigenvalue weighted by Crippen LogP contribution is 2.39. The number of anilines is 2. The first-order valence-corrected chi connectivity index (χ1v) is 9.24. The molecule has 0 aliphatic heterocycles. The Balaban J connectivity index is 1.35. The second-order valence-corrected chi connectivity index (χ2v) is 7.45. The van der Waals surface area contributed by atoms with Gasteiger partial charge in [-0.3, -0.25) is 20.1 Å². The first-order valence-electron chi connectivity index (χ1n) is 8.42. The number of H-pyrrole nitrogens is 3. The van der Waals surface area contributed by atoms with E-state index in [-0.39, 0.29) is 5.56 Å². The van der Waals surface area contributed by atoms with Gasteiger partial charge in [0.2, 0.25) is 0 Å². The fourth-order valence-electron chi connectivity index (χ4n) is 2.88. The SMILES string of the molecule is O=c1[nH][nH]c2cc(Sc3cccc(Nc4cc(C5CC5)[nH]n4)n3)ccc12. The average Bonchev–Trinajstić information content (AvgIpc) is 3.29. The number of nitrogens with zero attached hydrogens (tertiary/aromatic N) is 2. The van der Waals surface area contributed by atoms with Crippen LogP contribution in [0, 0.1) is 0 Å². The Labute approximate surface area is 152 Å². The molecule has 7 nitrogen and oxygen atoms in total. The molecule has 26 heavy (non-hydrogen) atoms. The molecule has 5 rings (SSSR count). The fourth-order valence-corrected chi connectivity index (χ4v) is 3.72. The maximum atomic E-state index is 11.6. The van der Waals surface area contributed by atoms with E-state index in [1.165, 1.54) is 18.5 Å². The van der Waals surface area contributed by atoms with Crippen LogP contribution in [0.5, 0.6) is 0 Å². The Morgan fingerprint density at radius 3 is 2.88 bits per heavy atom. The molecule has 0 radical (unpaired) electrons. The highest BCUT2D eigenvalue weighted by atomic mass is 32.2. The first kappa shape index (κ1) is 15.3. The summed E-state index contributed by atoms with van der Waals surface area (Å²) in [5.74, 6) is 2.18. The van der Waals surface area contributed by atoms with Gasteiger partial charge in [0.15, 0.2) is 5.82 Å². The minimum Gasteiger partial charge on any atom is -0.323 e. The summed E-state index contributed by atoms with van der Waals surface area (Å²) in [5.41, 5.74) is 1.87. The third-order valence-corrected chi connectivity index (χ3v) is 5.29. The Morgan fingerprint density at radius 2 is 2.00 bits per heavy atom. The van der Waals surface area contributed by atoms with Crippen LogP contribution in [0.2, 0.25) is 0 Å². The third kappa shape index (κ3) is 2.99. The van der Waals surface area contributed by atoms with Crippen LogP contribution in [-0.4, -0.2) is 25.4 Å². The van der Waals surface area contributed by atoms with Crippen molar-refractivity contribution in [3.05, 3.63) is 58.5 Å². The predicted octanol–water partition coefficient (Wildman–Crippen LogP) is 3.75. The number of aromatic nitrogens is 5. The van der Waals surface area contributed by atoms with Gasteiger partial charge in [0.05, 0.1) is 10.9 Å². The molecule has 4 N–H and O–H groups in total. The second kappa shape index (κ2) is 6.06. The minimum absolute atomic E-state index is 0.106. The van der Waals surface area contributed by atoms with E-state index in [0.29, 0.717) is 11.3 Å². The number of benzene rings is 1. The fraction of sp³-hybridized carbons (Fsp3) is 0.167. The lowest BCUT2D eigenvalue weighted by atomic mass is 10.2. The number of hydrogen-bond acceptors (Lipinski definition) is 5. The van der Waals surface area contributed by atoms with Crippen molar-refractivity contribution in [1.82, 2.24) is 25.4 Å². The van der Waals surface area contributed by atoms with E-state index in [9.17, 15) is 4.79 Å². The Hall–Kier alpha value is -3.00. The van der Waals surface area contributed by atoms with Crippen molar-refractivity contribution in [3.8, 4) is 0 Å². The molecule has 3 aromatic heterocycles. The van der Waals surface area contributed by atoms with Crippen LogP contribution >= 0.6 is 11.8 Å². The molecule has 0 spiro atoms. The van der Waals surface area contributed by atoms with Gasteiger partial charge in [0.25, 0.3) is 5.56 Å². The van der Waals surface area contributed by atoms with Crippen molar-refractivity contribution in [1.29, 1.82) is 0 Å². The van der Waals surface area contributed by atoms with Gasteiger partial charge in [0, 0.05) is 22.6 Å². The number of aromatic amines is 3. The minimum atomic E-state index is -0.106. The highest BCUT2D eigenvalue weighted by molar-refractivity contribution is 7.99. The Bertz CT molecular complexity index is 1140. The summed E-state index contributed by atoms with van der Waals surface area (Å²) in [4.78, 5) is 17.2. The monoisotopic (exact) mass is 364 g/mol. The summed E-state index contributed by atoms with van der Waals surface area (Å²) in [5, 5.41) is 17.6. The lowest BCUT2D eigenvalue weighted by molar-refractivity contribution is 0.966. The number of pyridine rings is 1. The van der Waals surface area contributed by atoms with Gasteiger partial charge in [-0.15, -0.1) is 0 Å². The maximum Gasteiger partial charge on any atom is 0.271 e. The molecule has 0 bridgehead atoms. The van der Waals surface area contributed by atoms with Gasteiger partial charge in [-0.2, -0.15) is 5.10 Å². The molecular formula is C18H16N6OS. The average molecular weight is 364 g/mol. The molecule has 0 amide bonds. The van der Waals surface area contributed by atoms with Gasteiger partial charge in [-0.1, -0.05) is 17.8 Å². The van der Waals surface area contributed by atoms with E-state index >= 15 is 0 Å². The predicted molar refractivity (Wildman–Crippen MR) is 101 cm³/mol. The van der Waals surface area contributed by atoms with Gasteiger partial charge >= 0.3 is 0 Å². The standard InChI is InChI=1S/C18H16N6OS/c25-18-12-7-6-11(8-14(12)22-24-18)26-17-3-1-2-15(20-17)19-16-9-13(21-23-16)10-4-5-10/h1-3,6-10H,4-5H2,(H2,22,24,25)(H2,19,20,21,23). The Kier molecular flexibility index (Phi) is 3.56. The third-order valence-electron chi connectivity index (χ3n) is 4.36. The van der Waals surface area contributed by atoms with Crippen molar-refractivity contribution >= 4 is 34.3 Å². The number of rotatable bonds is 5. The summed E-state index contributed by atoms with van der Waals surface area (Å²) in [7, 11) is 0. The molecule has 1 aromatic carbocycles. The van der Waals surface area contributed by atoms with Crippen LogP contribution in [0.3, 0.4) is 0 Å². The van der Waals surface area contributed by atoms with E-state index in [1.54, 1.807) is 11.8 Å². The molecule has 1 aliphatic carbocycles. The van der Waals surface area contributed by atoms with E-state index in [4.69, 9.17) is 0 Å². The summed E-state index contributed by atoms with van der Waals surface area (Å²) in [6, 6.07) is 13.6. The molecule has 0 unspecified atom stereocenters. The molecule has 0 atom stereocenters. The molecule has 1 aliphatic rings. The maximum absolute atomic E-state index is 11.6. The molecule has 1 saturated carbocycles. The van der Waals surface area contributed by atoms with Gasteiger partial charge in [0.1, 0.15) is 10.8 Å². The van der Waals surface area contributed by atoms with Crippen LogP contribution in [0.4, 0.5) is 11.6 Å². The molecule has 8 heteroatoms. The number of fused-ring (bicyclic) bond motifs is 1. The largest absolute Gasteiger partial charge is 0.323 e. The Morgan fingerprint density at radius 1 is 1.08 bits per heavy atom. The van der Waals surface area contributed by atoms with Crippen LogP contribution in [0.25, 0.3) is 10.9 Å². The molecule has 0 saturated heterocycles. The summed E-state index contributed by atoms with van der Waals surface area (Å²) < 4.78 is 0. The van der Waals surface area contributed by atoms with Crippen LogP contribution in [0.1, 0.15) is 24.5 Å². The normalized spacial score (nSPS) is 14.0. The van der Waals surface area contributed by atoms with E-state index < -0.39 is 0 Å². The molecule has 3 heterocycles. The van der Waals surface area contributed by atoms with E-state index in [2.05, 4.69) is 36.8 Å². The van der Waals surface area contributed by atoms with Crippen molar-refractivity contribution in [2.45, 2.75) is 28.7 Å². The van der Waals surface area contributed by atoms with Crippen molar-refractivity contribution < 1.29 is 0 Å². The zero-order chi connectivity index (χ0) is 17.5. The van der Waals surface area contributed by atoms with Crippen molar-refractivity contribution in [3.63, 3.8) is 0 Å². The van der Waals surface area contributed by atoms with Crippen molar-refractivity contribution in [2.24, 2.45) is 0 Å². The first-order chi connectivity index (χ1) is 12.7. The number of nitrogens with one attached hydrogen (secondary N) is 4. The van der Waals surface area contributed by atoms with Gasteiger partial charge < -0.3 is 5.32 Å². The molecular weight excluding hydrogens is 348 g/mol. The molecule has 130 valence electrons. The smallest absolute Gasteiger partial charge is 0.271 e. The summed E-state index contributed by atoms with van der Waals surface area (Å²) in [6.07, 6.45) is 2.48.